The van der Waals surface area contributed by atoms with Crippen molar-refractivity contribution in [3.63, 3.8) is 0 Å². The van der Waals surface area contributed by atoms with Gasteiger partial charge in [-0.1, -0.05) is 6.07 Å². The number of halogens is 1. The van der Waals surface area contributed by atoms with Crippen molar-refractivity contribution in [3.05, 3.63) is 29.6 Å². The molecule has 1 aromatic rings. The Labute approximate surface area is 112 Å². The molecule has 1 unspecified atom stereocenters. The quantitative estimate of drug-likeness (QED) is 0.875. The summed E-state index contributed by atoms with van der Waals surface area (Å²) in [5.74, 6) is -0.842. The highest BCUT2D eigenvalue weighted by Gasteiger charge is 2.28. The Hall–Kier alpha value is -1.62. The van der Waals surface area contributed by atoms with Gasteiger partial charge in [-0.2, -0.15) is 0 Å². The van der Waals surface area contributed by atoms with E-state index in [0.717, 1.165) is 12.8 Å². The molecule has 2 rings (SSSR count). The van der Waals surface area contributed by atoms with Gasteiger partial charge in [0.05, 0.1) is 11.8 Å². The second-order valence-corrected chi connectivity index (χ2v) is 4.99. The first-order valence-electron chi connectivity index (χ1n) is 6.54. The molecule has 1 heterocycles. The van der Waals surface area contributed by atoms with Gasteiger partial charge in [0.2, 0.25) is 5.91 Å². The minimum absolute atomic E-state index is 0.382. The minimum atomic E-state index is -0.711. The lowest BCUT2D eigenvalue weighted by Crippen LogP contribution is -2.48. The molecule has 1 fully saturated rings. The van der Waals surface area contributed by atoms with Gasteiger partial charge in [0.25, 0.3) is 0 Å². The summed E-state index contributed by atoms with van der Waals surface area (Å²) < 4.78 is 14.1. The number of nitrogens with two attached hydrogens (primary N) is 1. The van der Waals surface area contributed by atoms with Crippen LogP contribution in [-0.2, 0) is 4.79 Å². The number of piperidine rings is 1. The number of carbonyl (C=O) groups is 1. The molecule has 5 heteroatoms. The van der Waals surface area contributed by atoms with E-state index >= 15 is 0 Å². The van der Waals surface area contributed by atoms with Crippen molar-refractivity contribution >= 4 is 11.6 Å². The van der Waals surface area contributed by atoms with Crippen molar-refractivity contribution in [1.29, 1.82) is 0 Å². The molecule has 0 bridgehead atoms. The van der Waals surface area contributed by atoms with Crippen molar-refractivity contribution in [2.24, 2.45) is 5.73 Å². The molecular weight excluding hydrogens is 247 g/mol. The minimum Gasteiger partial charge on any atom is -0.389 e. The smallest absolute Gasteiger partial charge is 0.240 e. The molecule has 1 saturated heterocycles. The normalized spacial score (nSPS) is 21.2. The van der Waals surface area contributed by atoms with Crippen LogP contribution in [0.1, 0.15) is 37.9 Å². The molecule has 4 nitrogen and oxygen atoms in total. The number of nitrogens with zero attached hydrogens (tertiary/aromatic N) is 1. The maximum Gasteiger partial charge on any atom is 0.240 e. The Balaban J connectivity index is 2.31. The summed E-state index contributed by atoms with van der Waals surface area (Å²) in [7, 11) is 0. The van der Waals surface area contributed by atoms with Crippen molar-refractivity contribution in [2.75, 3.05) is 11.4 Å². The average molecular weight is 266 g/mol. The first-order chi connectivity index (χ1) is 9.00. The summed E-state index contributed by atoms with van der Waals surface area (Å²) in [6, 6.07) is 4.15. The average Bonchev–Trinajstić information content (AvgIpc) is 2.38. The fourth-order valence-corrected chi connectivity index (χ4v) is 2.53. The van der Waals surface area contributed by atoms with Crippen molar-refractivity contribution < 1.29 is 14.3 Å². The second-order valence-electron chi connectivity index (χ2n) is 4.99. The summed E-state index contributed by atoms with van der Waals surface area (Å²) in [5, 5.41) is 9.44. The van der Waals surface area contributed by atoms with Gasteiger partial charge in [-0.05, 0) is 43.9 Å². The van der Waals surface area contributed by atoms with E-state index in [1.165, 1.54) is 6.07 Å². The van der Waals surface area contributed by atoms with Crippen LogP contribution in [0.2, 0.25) is 0 Å². The third-order valence-corrected chi connectivity index (χ3v) is 3.59. The van der Waals surface area contributed by atoms with Crippen LogP contribution in [-0.4, -0.2) is 23.6 Å². The molecule has 1 aromatic carbocycles. The van der Waals surface area contributed by atoms with Crippen LogP contribution in [0.25, 0.3) is 0 Å². The van der Waals surface area contributed by atoms with Gasteiger partial charge in [-0.3, -0.25) is 4.79 Å². The SMILES string of the molecule is C[C@@H](O)c1ccc(N2CCCCC2C(N)=O)c(F)c1. The van der Waals surface area contributed by atoms with Crippen molar-refractivity contribution in [2.45, 2.75) is 38.3 Å². The van der Waals surface area contributed by atoms with Gasteiger partial charge in [-0.25, -0.2) is 4.39 Å². The predicted octanol–water partition coefficient (Wildman–Crippen LogP) is 1.72. The summed E-state index contributed by atoms with van der Waals surface area (Å²) in [6.07, 6.45) is 1.79. The molecule has 19 heavy (non-hydrogen) atoms. The van der Waals surface area contributed by atoms with Crippen LogP contribution in [0.5, 0.6) is 0 Å². The number of aliphatic hydroxyl groups excluding tert-OH is 1. The van der Waals surface area contributed by atoms with Crippen LogP contribution in [0, 0.1) is 5.82 Å². The van der Waals surface area contributed by atoms with Gasteiger partial charge in [0.1, 0.15) is 11.9 Å². The number of carbonyl (C=O) groups excluding carboxylic acids is 1. The van der Waals surface area contributed by atoms with Crippen LogP contribution in [0.15, 0.2) is 18.2 Å². The molecule has 0 spiro atoms. The van der Waals surface area contributed by atoms with E-state index in [-0.39, 0.29) is 0 Å². The number of benzene rings is 1. The fourth-order valence-electron chi connectivity index (χ4n) is 2.53. The molecule has 2 atom stereocenters. The van der Waals surface area contributed by atoms with Crippen LogP contribution >= 0.6 is 0 Å². The molecule has 0 saturated carbocycles. The summed E-state index contributed by atoms with van der Waals surface area (Å²) >= 11 is 0. The lowest BCUT2D eigenvalue weighted by molar-refractivity contribution is -0.119. The van der Waals surface area contributed by atoms with E-state index in [4.69, 9.17) is 5.73 Å². The van der Waals surface area contributed by atoms with Crippen molar-refractivity contribution in [3.8, 4) is 0 Å². The van der Waals surface area contributed by atoms with E-state index in [0.29, 0.717) is 24.2 Å². The van der Waals surface area contributed by atoms with E-state index in [9.17, 15) is 14.3 Å². The topological polar surface area (TPSA) is 66.6 Å². The molecule has 0 aromatic heterocycles. The third kappa shape index (κ3) is 2.87. The van der Waals surface area contributed by atoms with Gasteiger partial charge in [0, 0.05) is 6.54 Å². The Morgan fingerprint density at radius 3 is 2.84 bits per heavy atom. The lowest BCUT2D eigenvalue weighted by Gasteiger charge is -2.35. The highest BCUT2D eigenvalue weighted by molar-refractivity contribution is 5.84. The molecule has 1 aliphatic rings. The van der Waals surface area contributed by atoms with Crippen LogP contribution in [0.3, 0.4) is 0 Å². The summed E-state index contributed by atoms with van der Waals surface area (Å²) in [6.45, 7) is 2.21. The van der Waals surface area contributed by atoms with Gasteiger partial charge < -0.3 is 15.7 Å². The number of aliphatic hydroxyl groups is 1. The maximum absolute atomic E-state index is 14.1. The van der Waals surface area contributed by atoms with Gasteiger partial charge in [0.15, 0.2) is 0 Å². The predicted molar refractivity (Wildman–Crippen MR) is 71.2 cm³/mol. The Morgan fingerprint density at radius 2 is 2.26 bits per heavy atom. The Bertz CT molecular complexity index is 477. The van der Waals surface area contributed by atoms with Crippen LogP contribution < -0.4 is 10.6 Å². The molecule has 1 aliphatic heterocycles. The first kappa shape index (κ1) is 13.8. The number of amides is 1. The van der Waals surface area contributed by atoms with Crippen molar-refractivity contribution in [1.82, 2.24) is 0 Å². The highest BCUT2D eigenvalue weighted by atomic mass is 19.1. The number of hydrogen-bond donors (Lipinski definition) is 2. The largest absolute Gasteiger partial charge is 0.389 e. The number of rotatable bonds is 3. The Kier molecular flexibility index (Phi) is 4.04. The van der Waals surface area contributed by atoms with Gasteiger partial charge in [-0.15, -0.1) is 0 Å². The first-order valence-corrected chi connectivity index (χ1v) is 6.54. The fraction of sp³-hybridized carbons (Fsp3) is 0.500. The molecule has 3 N–H and O–H groups in total. The second kappa shape index (κ2) is 5.57. The van der Waals surface area contributed by atoms with E-state index in [1.54, 1.807) is 24.0 Å². The number of anilines is 1. The number of hydrogen-bond acceptors (Lipinski definition) is 3. The summed E-state index contributed by atoms with van der Waals surface area (Å²) in [5.41, 5.74) is 6.28. The molecule has 0 aliphatic carbocycles. The highest BCUT2D eigenvalue weighted by Crippen LogP contribution is 2.29. The summed E-state index contributed by atoms with van der Waals surface area (Å²) in [4.78, 5) is 13.2. The molecule has 1 amide bonds. The molecular formula is C14H19FN2O2. The monoisotopic (exact) mass is 266 g/mol. The lowest BCUT2D eigenvalue weighted by atomic mass is 10.00. The standard InChI is InChI=1S/C14H19FN2O2/c1-9(18)10-5-6-12(11(15)8-10)17-7-3-2-4-13(17)14(16)19/h5-6,8-9,13,18H,2-4,7H2,1H3,(H2,16,19)/t9-,13?/m1/s1. The van der Waals surface area contributed by atoms with E-state index < -0.39 is 23.9 Å². The zero-order valence-electron chi connectivity index (χ0n) is 11.0. The molecule has 0 radical (unpaired) electrons. The Morgan fingerprint density at radius 1 is 1.53 bits per heavy atom. The zero-order valence-corrected chi connectivity index (χ0v) is 11.0. The third-order valence-electron chi connectivity index (χ3n) is 3.59. The van der Waals surface area contributed by atoms with E-state index in [1.807, 2.05) is 0 Å². The van der Waals surface area contributed by atoms with Gasteiger partial charge >= 0.3 is 0 Å². The number of primary amides is 1. The molecule has 104 valence electrons. The maximum atomic E-state index is 14.1. The van der Waals surface area contributed by atoms with E-state index in [2.05, 4.69) is 0 Å². The zero-order chi connectivity index (χ0) is 14.0. The van der Waals surface area contributed by atoms with Crippen LogP contribution in [0.4, 0.5) is 10.1 Å².